The molecule has 0 saturated heterocycles. The van der Waals surface area contributed by atoms with Crippen LogP contribution in [0.3, 0.4) is 0 Å². The van der Waals surface area contributed by atoms with E-state index in [4.69, 9.17) is 4.74 Å². The van der Waals surface area contributed by atoms with Crippen molar-refractivity contribution < 1.29 is 17.9 Å². The summed E-state index contributed by atoms with van der Waals surface area (Å²) in [6.07, 6.45) is 0. The zero-order valence-corrected chi connectivity index (χ0v) is 18.7. The number of sulfonamides is 1. The van der Waals surface area contributed by atoms with E-state index in [1.807, 2.05) is 61.5 Å². The Kier molecular flexibility index (Phi) is 6.01. The molecule has 1 heterocycles. The highest BCUT2D eigenvalue weighted by molar-refractivity contribution is 7.97. The molecule has 1 aliphatic heterocycles. The number of hydrogen-bond acceptors (Lipinski definition) is 4. The molecule has 0 saturated carbocycles. The summed E-state index contributed by atoms with van der Waals surface area (Å²) < 4.78 is 33.6. The Morgan fingerprint density at radius 2 is 1.69 bits per heavy atom. The van der Waals surface area contributed by atoms with Gasteiger partial charge in [0, 0.05) is 18.2 Å². The van der Waals surface area contributed by atoms with Gasteiger partial charge in [-0.1, -0.05) is 60.7 Å². The maximum Gasteiger partial charge on any atom is 0.270 e. The van der Waals surface area contributed by atoms with Crippen LogP contribution in [0.2, 0.25) is 0 Å². The summed E-state index contributed by atoms with van der Waals surface area (Å²) >= 11 is 0. The first-order chi connectivity index (χ1) is 15.4. The molecule has 1 amide bonds. The van der Waals surface area contributed by atoms with E-state index in [0.29, 0.717) is 28.1 Å². The van der Waals surface area contributed by atoms with E-state index in [-0.39, 0.29) is 18.1 Å². The first kappa shape index (κ1) is 21.6. The standard InChI is InChI=1S/C25H24N2O4S/c1-18-9-8-12-20(17-18)31-16-15-26-25(28)24-23(19-10-4-3-5-11-19)21-13-6-7-14-22(21)27(2)32(24,29)30/h3-14,17H,15-16H2,1-2H3,(H,26,28). The van der Waals surface area contributed by atoms with Crippen LogP contribution in [0.15, 0.2) is 83.8 Å². The number of hydrogen-bond donors (Lipinski definition) is 1. The van der Waals surface area contributed by atoms with Gasteiger partial charge in [0.15, 0.2) is 4.91 Å². The Labute approximate surface area is 188 Å². The molecule has 0 fully saturated rings. The van der Waals surface area contributed by atoms with E-state index in [1.165, 1.54) is 7.05 Å². The Hall–Kier alpha value is -3.58. The second kappa shape index (κ2) is 8.88. The smallest absolute Gasteiger partial charge is 0.270 e. The van der Waals surface area contributed by atoms with Crippen LogP contribution in [-0.4, -0.2) is 34.5 Å². The normalized spacial score (nSPS) is 14.6. The third-order valence-corrected chi connectivity index (χ3v) is 7.10. The summed E-state index contributed by atoms with van der Waals surface area (Å²) in [5.74, 6) is 0.0421. The van der Waals surface area contributed by atoms with Crippen molar-refractivity contribution in [3.8, 4) is 5.75 Å². The van der Waals surface area contributed by atoms with Crippen molar-refractivity contribution in [2.45, 2.75) is 6.92 Å². The number of aryl methyl sites for hydroxylation is 1. The van der Waals surface area contributed by atoms with Crippen LogP contribution in [0.25, 0.3) is 5.57 Å². The number of fused-ring (bicyclic) bond motifs is 1. The molecule has 7 heteroatoms. The van der Waals surface area contributed by atoms with E-state index < -0.39 is 15.9 Å². The number of carbonyl (C=O) groups excluding carboxylic acids is 1. The summed E-state index contributed by atoms with van der Waals surface area (Å²) in [7, 11) is -2.58. The number of rotatable bonds is 6. The first-order valence-electron chi connectivity index (χ1n) is 10.3. The van der Waals surface area contributed by atoms with E-state index in [9.17, 15) is 13.2 Å². The Morgan fingerprint density at radius 1 is 0.969 bits per heavy atom. The minimum Gasteiger partial charge on any atom is -0.492 e. The number of para-hydroxylation sites is 1. The van der Waals surface area contributed by atoms with Gasteiger partial charge in [0.2, 0.25) is 0 Å². The van der Waals surface area contributed by atoms with Gasteiger partial charge in [-0.3, -0.25) is 9.10 Å². The fourth-order valence-corrected chi connectivity index (χ4v) is 5.20. The summed E-state index contributed by atoms with van der Waals surface area (Å²) in [6, 6.07) is 23.9. The third-order valence-electron chi connectivity index (χ3n) is 5.27. The lowest BCUT2D eigenvalue weighted by Gasteiger charge is -2.30. The number of ether oxygens (including phenoxy) is 1. The third kappa shape index (κ3) is 4.11. The molecule has 4 rings (SSSR count). The molecule has 0 aromatic heterocycles. The van der Waals surface area contributed by atoms with Crippen molar-refractivity contribution in [1.82, 2.24) is 5.32 Å². The highest BCUT2D eigenvalue weighted by Crippen LogP contribution is 2.41. The van der Waals surface area contributed by atoms with Gasteiger partial charge in [-0.25, -0.2) is 8.42 Å². The Bertz CT molecular complexity index is 1280. The molecule has 0 bridgehead atoms. The van der Waals surface area contributed by atoms with Crippen molar-refractivity contribution in [1.29, 1.82) is 0 Å². The molecule has 6 nitrogen and oxygen atoms in total. The van der Waals surface area contributed by atoms with Crippen LogP contribution < -0.4 is 14.4 Å². The van der Waals surface area contributed by atoms with Gasteiger partial charge in [0.25, 0.3) is 15.9 Å². The number of anilines is 1. The molecule has 0 spiro atoms. The lowest BCUT2D eigenvalue weighted by molar-refractivity contribution is -0.116. The molecular formula is C25H24N2O4S. The monoisotopic (exact) mass is 448 g/mol. The minimum atomic E-state index is -4.05. The van der Waals surface area contributed by atoms with Gasteiger partial charge >= 0.3 is 0 Å². The molecule has 164 valence electrons. The van der Waals surface area contributed by atoms with Gasteiger partial charge in [-0.05, 0) is 36.2 Å². The van der Waals surface area contributed by atoms with E-state index in [2.05, 4.69) is 5.32 Å². The van der Waals surface area contributed by atoms with Crippen LogP contribution in [-0.2, 0) is 14.8 Å². The quantitative estimate of drug-likeness (QED) is 0.583. The van der Waals surface area contributed by atoms with E-state index >= 15 is 0 Å². The Morgan fingerprint density at radius 3 is 2.44 bits per heavy atom. The maximum atomic E-state index is 13.4. The van der Waals surface area contributed by atoms with Crippen LogP contribution in [0.4, 0.5) is 5.69 Å². The molecular weight excluding hydrogens is 424 g/mol. The molecule has 32 heavy (non-hydrogen) atoms. The van der Waals surface area contributed by atoms with Crippen molar-refractivity contribution in [2.75, 3.05) is 24.5 Å². The van der Waals surface area contributed by atoms with Crippen LogP contribution in [0.5, 0.6) is 5.75 Å². The molecule has 3 aromatic rings. The van der Waals surface area contributed by atoms with Crippen molar-refractivity contribution in [3.63, 3.8) is 0 Å². The number of nitrogens with zero attached hydrogens (tertiary/aromatic N) is 1. The summed E-state index contributed by atoms with van der Waals surface area (Å²) in [4.78, 5) is 12.9. The van der Waals surface area contributed by atoms with Crippen molar-refractivity contribution in [2.24, 2.45) is 0 Å². The van der Waals surface area contributed by atoms with Gasteiger partial charge in [-0.2, -0.15) is 0 Å². The molecule has 0 atom stereocenters. The highest BCUT2D eigenvalue weighted by atomic mass is 32.2. The predicted molar refractivity (Wildman–Crippen MR) is 126 cm³/mol. The van der Waals surface area contributed by atoms with E-state index in [1.54, 1.807) is 24.3 Å². The molecule has 0 aliphatic carbocycles. The molecule has 0 unspecified atom stereocenters. The molecule has 0 radical (unpaired) electrons. The minimum absolute atomic E-state index is 0.166. The number of nitrogens with one attached hydrogen (secondary N) is 1. The number of carbonyl (C=O) groups is 1. The molecule has 1 aliphatic rings. The Balaban J connectivity index is 1.66. The fourth-order valence-electron chi connectivity index (χ4n) is 3.72. The van der Waals surface area contributed by atoms with Crippen LogP contribution in [0.1, 0.15) is 16.7 Å². The molecule has 1 N–H and O–H groups in total. The zero-order valence-electron chi connectivity index (χ0n) is 17.9. The largest absolute Gasteiger partial charge is 0.492 e. The summed E-state index contributed by atoms with van der Waals surface area (Å²) in [5.41, 5.74) is 3.36. The van der Waals surface area contributed by atoms with E-state index in [0.717, 1.165) is 9.87 Å². The van der Waals surface area contributed by atoms with Crippen molar-refractivity contribution in [3.05, 3.63) is 100 Å². The average molecular weight is 449 g/mol. The maximum absolute atomic E-state index is 13.4. The average Bonchev–Trinajstić information content (AvgIpc) is 2.79. The van der Waals surface area contributed by atoms with Gasteiger partial charge in [0.05, 0.1) is 12.2 Å². The summed E-state index contributed by atoms with van der Waals surface area (Å²) in [5, 5.41) is 2.72. The zero-order chi connectivity index (χ0) is 22.7. The van der Waals surface area contributed by atoms with Crippen LogP contribution in [0, 0.1) is 6.92 Å². The van der Waals surface area contributed by atoms with Gasteiger partial charge < -0.3 is 10.1 Å². The number of amides is 1. The topological polar surface area (TPSA) is 75.7 Å². The summed E-state index contributed by atoms with van der Waals surface area (Å²) in [6.45, 7) is 2.35. The lowest BCUT2D eigenvalue weighted by atomic mass is 9.95. The lowest BCUT2D eigenvalue weighted by Crippen LogP contribution is -2.40. The first-order valence-corrected chi connectivity index (χ1v) is 11.7. The molecule has 3 aromatic carbocycles. The SMILES string of the molecule is Cc1cccc(OCCNC(=O)C2=C(c3ccccc3)c3ccccc3N(C)S2(=O)=O)c1. The number of benzene rings is 3. The van der Waals surface area contributed by atoms with Crippen molar-refractivity contribution >= 4 is 27.2 Å². The second-order valence-electron chi connectivity index (χ2n) is 7.48. The van der Waals surface area contributed by atoms with Gasteiger partial charge in [-0.15, -0.1) is 0 Å². The fraction of sp³-hybridized carbons (Fsp3) is 0.160. The van der Waals surface area contributed by atoms with Crippen LogP contribution >= 0.6 is 0 Å². The van der Waals surface area contributed by atoms with Gasteiger partial charge in [0.1, 0.15) is 12.4 Å². The second-order valence-corrected chi connectivity index (χ2v) is 9.39. The highest BCUT2D eigenvalue weighted by Gasteiger charge is 2.39. The predicted octanol–water partition coefficient (Wildman–Crippen LogP) is 3.73.